The number of benzene rings is 4. The van der Waals surface area contributed by atoms with Crippen LogP contribution in [0.3, 0.4) is 0 Å². The van der Waals surface area contributed by atoms with E-state index in [4.69, 9.17) is 5.73 Å². The van der Waals surface area contributed by atoms with Crippen LogP contribution in [0, 0.1) is 6.92 Å². The largest absolute Gasteiger partial charge is 0.384 e. The molecular formula is C54H67N3. The first kappa shape index (κ1) is 45.6. The first-order valence-electron chi connectivity index (χ1n) is 21.0. The lowest BCUT2D eigenvalue weighted by Gasteiger charge is -2.24. The van der Waals surface area contributed by atoms with Crippen molar-refractivity contribution in [2.45, 2.75) is 93.5 Å². The van der Waals surface area contributed by atoms with Crippen LogP contribution in [0.25, 0.3) is 29.1 Å². The molecule has 0 spiro atoms. The normalized spacial score (nSPS) is 12.1. The topological polar surface area (TPSA) is 43.0 Å². The first-order chi connectivity index (χ1) is 27.9. The molecule has 0 fully saturated rings. The molecule has 3 heteroatoms. The predicted octanol–water partition coefficient (Wildman–Crippen LogP) is 15.2. The van der Waals surface area contributed by atoms with Crippen LogP contribution in [0.1, 0.15) is 119 Å². The van der Waals surface area contributed by atoms with Crippen LogP contribution < -0.4 is 11.1 Å². The van der Waals surface area contributed by atoms with E-state index in [0.29, 0.717) is 6.42 Å². The minimum atomic E-state index is -0.0962. The minimum absolute atomic E-state index is 0.0962. The van der Waals surface area contributed by atoms with Gasteiger partial charge in [-0.05, 0) is 95.4 Å². The highest BCUT2D eigenvalue weighted by molar-refractivity contribution is 5.83. The summed E-state index contributed by atoms with van der Waals surface area (Å²) in [7, 11) is 0. The molecule has 6 rings (SSSR count). The average Bonchev–Trinajstić information content (AvgIpc) is 3.80. The SMILES string of the molecule is C=C(NC(C(=C)C/C=C(\CCC(=C)c1ccccc1C)C1=Cc2c(/C=C\CC)c(N)n(-c3ccccc3)c2C1)c1ccccc1)c1ccccc1.CC.CC.CC. The van der Waals surface area contributed by atoms with Crippen molar-refractivity contribution in [3.63, 3.8) is 0 Å². The second kappa shape index (κ2) is 24.0. The zero-order valence-electron chi connectivity index (χ0n) is 36.0. The summed E-state index contributed by atoms with van der Waals surface area (Å²) in [4.78, 5) is 0. The van der Waals surface area contributed by atoms with Gasteiger partial charge < -0.3 is 11.1 Å². The van der Waals surface area contributed by atoms with Crippen molar-refractivity contribution >= 4 is 29.2 Å². The Morgan fingerprint density at radius 2 is 1.35 bits per heavy atom. The molecule has 1 aliphatic rings. The highest BCUT2D eigenvalue weighted by Gasteiger charge is 2.27. The number of para-hydroxylation sites is 1. The third kappa shape index (κ3) is 11.9. The number of anilines is 1. The Morgan fingerprint density at radius 3 is 1.96 bits per heavy atom. The molecular weight excluding hydrogens is 691 g/mol. The molecule has 1 aromatic heterocycles. The first-order valence-corrected chi connectivity index (χ1v) is 21.0. The van der Waals surface area contributed by atoms with Crippen molar-refractivity contribution in [2.75, 3.05) is 5.73 Å². The number of allylic oxidation sites excluding steroid dienone is 5. The molecule has 57 heavy (non-hydrogen) atoms. The summed E-state index contributed by atoms with van der Waals surface area (Å²) in [5.74, 6) is 0.786. The molecule has 0 amide bonds. The van der Waals surface area contributed by atoms with Crippen molar-refractivity contribution in [2.24, 2.45) is 0 Å². The Labute approximate surface area is 345 Å². The van der Waals surface area contributed by atoms with Gasteiger partial charge in [0.1, 0.15) is 5.82 Å². The molecule has 0 bridgehead atoms. The van der Waals surface area contributed by atoms with E-state index in [1.54, 1.807) is 0 Å². The fourth-order valence-corrected chi connectivity index (χ4v) is 7.03. The van der Waals surface area contributed by atoms with Gasteiger partial charge in [-0.3, -0.25) is 4.57 Å². The molecule has 1 unspecified atom stereocenters. The fourth-order valence-electron chi connectivity index (χ4n) is 7.03. The van der Waals surface area contributed by atoms with Crippen LogP contribution >= 0.6 is 0 Å². The quantitative estimate of drug-likeness (QED) is 0.104. The molecule has 0 saturated heterocycles. The van der Waals surface area contributed by atoms with E-state index in [1.807, 2.05) is 65.8 Å². The lowest BCUT2D eigenvalue weighted by atomic mass is 9.91. The van der Waals surface area contributed by atoms with Crippen molar-refractivity contribution < 1.29 is 0 Å². The standard InChI is InChI=1S/C48H49N3.3C2H6/c1-6-7-26-44-45-32-41(33-46(45)51(48(44)49)42-24-15-10-16-25-42)39(30-28-35(3)43-27-18-17-19-34(43)2)31-29-36(4)47(40-22-13-9-14-23-40)50-37(5)38-20-11-8-12-21-38;3*1-2/h7-27,31-32,47,50H,3-6,28-30,33,49H2,1-2H3;3*1-2H3/b26-7-,39-31+;;;. The van der Waals surface area contributed by atoms with Gasteiger partial charge >= 0.3 is 0 Å². The molecule has 3 N–H and O–H groups in total. The molecule has 1 atom stereocenters. The van der Waals surface area contributed by atoms with Gasteiger partial charge in [-0.2, -0.15) is 0 Å². The molecule has 298 valence electrons. The lowest BCUT2D eigenvalue weighted by molar-refractivity contribution is 0.714. The molecule has 0 aliphatic heterocycles. The second-order valence-corrected chi connectivity index (χ2v) is 13.3. The Bertz CT molecular complexity index is 2110. The van der Waals surface area contributed by atoms with Crippen LogP contribution in [-0.4, -0.2) is 4.57 Å². The number of nitrogens with zero attached hydrogens (tertiary/aromatic N) is 1. The number of hydrogen-bond donors (Lipinski definition) is 2. The Hall–Kier alpha value is -5.80. The highest BCUT2D eigenvalue weighted by Crippen LogP contribution is 2.41. The summed E-state index contributed by atoms with van der Waals surface area (Å²) < 4.78 is 2.24. The Morgan fingerprint density at radius 1 is 0.772 bits per heavy atom. The van der Waals surface area contributed by atoms with Crippen molar-refractivity contribution in [1.82, 2.24) is 9.88 Å². The minimum Gasteiger partial charge on any atom is -0.384 e. The van der Waals surface area contributed by atoms with Crippen LogP contribution in [0.4, 0.5) is 5.82 Å². The molecule has 3 nitrogen and oxygen atoms in total. The number of fused-ring (bicyclic) bond motifs is 1. The van der Waals surface area contributed by atoms with Crippen LogP contribution in [-0.2, 0) is 6.42 Å². The Kier molecular flexibility index (Phi) is 19.2. The number of nitrogen functional groups attached to an aromatic ring is 1. The third-order valence-electron chi connectivity index (χ3n) is 9.83. The number of aromatic nitrogens is 1. The summed E-state index contributed by atoms with van der Waals surface area (Å²) in [5, 5.41) is 3.71. The van der Waals surface area contributed by atoms with Gasteiger partial charge in [0.25, 0.3) is 0 Å². The van der Waals surface area contributed by atoms with Gasteiger partial charge in [0, 0.05) is 34.6 Å². The summed E-state index contributed by atoms with van der Waals surface area (Å²) in [6, 6.07) is 39.7. The fraction of sp³-hybridized carbons (Fsp3) is 0.259. The summed E-state index contributed by atoms with van der Waals surface area (Å²) in [6.45, 7) is 29.9. The molecule has 0 radical (unpaired) electrons. The molecule has 5 aromatic rings. The van der Waals surface area contributed by atoms with Gasteiger partial charge in [-0.1, -0.05) is 190 Å². The Balaban J connectivity index is 0.00000138. The van der Waals surface area contributed by atoms with Crippen molar-refractivity contribution in [3.05, 3.63) is 203 Å². The van der Waals surface area contributed by atoms with E-state index in [1.165, 1.54) is 33.5 Å². The van der Waals surface area contributed by atoms with Gasteiger partial charge in [0.2, 0.25) is 0 Å². The van der Waals surface area contributed by atoms with E-state index in [2.05, 4.69) is 159 Å². The van der Waals surface area contributed by atoms with E-state index < -0.39 is 0 Å². The number of hydrogen-bond acceptors (Lipinski definition) is 2. The average molecular weight is 758 g/mol. The number of nitrogens with two attached hydrogens (primary N) is 1. The highest BCUT2D eigenvalue weighted by atomic mass is 15.1. The maximum atomic E-state index is 6.89. The summed E-state index contributed by atoms with van der Waals surface area (Å²) in [6.07, 6.45) is 13.3. The van der Waals surface area contributed by atoms with Crippen molar-refractivity contribution in [3.8, 4) is 5.69 Å². The smallest absolute Gasteiger partial charge is 0.116 e. The van der Waals surface area contributed by atoms with Crippen molar-refractivity contribution in [1.29, 1.82) is 0 Å². The maximum absolute atomic E-state index is 6.89. The van der Waals surface area contributed by atoms with Gasteiger partial charge in [-0.25, -0.2) is 0 Å². The number of rotatable bonds is 15. The van der Waals surface area contributed by atoms with E-state index >= 15 is 0 Å². The zero-order valence-corrected chi connectivity index (χ0v) is 36.0. The van der Waals surface area contributed by atoms with E-state index in [0.717, 1.165) is 70.7 Å². The zero-order chi connectivity index (χ0) is 41.7. The van der Waals surface area contributed by atoms with Crippen LogP contribution in [0.15, 0.2) is 164 Å². The third-order valence-corrected chi connectivity index (χ3v) is 9.83. The number of aryl methyl sites for hydroxylation is 1. The summed E-state index contributed by atoms with van der Waals surface area (Å²) >= 11 is 0. The summed E-state index contributed by atoms with van der Waals surface area (Å²) in [5.41, 5.74) is 22.0. The van der Waals surface area contributed by atoms with E-state index in [-0.39, 0.29) is 6.04 Å². The van der Waals surface area contributed by atoms with Gasteiger partial charge in [-0.15, -0.1) is 0 Å². The molecule has 1 aliphatic carbocycles. The second-order valence-electron chi connectivity index (χ2n) is 13.3. The molecule has 4 aromatic carbocycles. The van der Waals surface area contributed by atoms with Crippen LogP contribution in [0.5, 0.6) is 0 Å². The monoisotopic (exact) mass is 758 g/mol. The van der Waals surface area contributed by atoms with Gasteiger partial charge in [0.05, 0.1) is 6.04 Å². The predicted molar refractivity (Wildman–Crippen MR) is 254 cm³/mol. The van der Waals surface area contributed by atoms with Gasteiger partial charge in [0.15, 0.2) is 0 Å². The lowest BCUT2D eigenvalue weighted by Crippen LogP contribution is -2.21. The number of nitrogens with one attached hydrogen (secondary N) is 1. The van der Waals surface area contributed by atoms with Crippen LogP contribution in [0.2, 0.25) is 0 Å². The molecule has 1 heterocycles. The van der Waals surface area contributed by atoms with E-state index in [9.17, 15) is 0 Å². The molecule has 0 saturated carbocycles. The maximum Gasteiger partial charge on any atom is 0.116 e.